The van der Waals surface area contributed by atoms with Crippen molar-refractivity contribution in [1.82, 2.24) is 0 Å². The molecule has 0 saturated carbocycles. The van der Waals surface area contributed by atoms with Crippen LogP contribution < -0.4 is 0 Å². The molecule has 23 nitrogen and oxygen atoms in total. The van der Waals surface area contributed by atoms with E-state index in [1.165, 1.54) is 127 Å². The number of ether oxygens (including phenoxy) is 12. The zero-order valence-electron chi connectivity index (χ0n) is 47.2. The summed E-state index contributed by atoms with van der Waals surface area (Å²) in [6.07, 6.45) is 0.596. The third-order valence-electron chi connectivity index (χ3n) is 13.0. The number of methoxy groups -OCH3 is 5. The SMILES string of the molecule is COC(=O)c1ccccc1C(=O)OCC(COCc1ccccc1C=O)(COCC(COC(=O)c1ccccc1C(=O)OC)(COC(=O)c1ccccc1C(=O)OC)COC(=O)c1ccccc1C(=O)OC)COC(=O)c1ccccc1C(=O)OC. The number of aldehydes is 1. The normalized spacial score (nSPS) is 10.9. The fourth-order valence-corrected chi connectivity index (χ4v) is 8.37. The van der Waals surface area contributed by atoms with E-state index in [9.17, 15) is 52.7 Å². The average molecular weight is 1180 g/mol. The standard InChI is InChI=1S/C63H58O23/c1-75-52(65)42-20-8-13-25-47(42)57(70)82-35-62(32-80-31-41-19-7-6-18-40(41)30-64,36-83-58(71)48-26-14-9-21-43(48)53(66)76-2)33-81-34-63(37-84-59(72)49-27-15-10-22-44(49)54(67)77-3,38-85-60(73)50-28-16-11-23-45(50)55(68)78-4)39-86-61(74)51-29-17-12-24-46(51)56(69)79-5/h6-30H,31-39H2,1-5H3. The number of carbonyl (C=O) groups is 11. The Morgan fingerprint density at radius 2 is 0.500 bits per heavy atom. The summed E-state index contributed by atoms with van der Waals surface area (Å²) in [5.41, 5.74) is -5.73. The molecule has 0 heterocycles. The van der Waals surface area contributed by atoms with E-state index in [1.807, 2.05) is 0 Å². The van der Waals surface area contributed by atoms with Gasteiger partial charge in [0, 0.05) is 5.56 Å². The first-order chi connectivity index (χ1) is 41.5. The van der Waals surface area contributed by atoms with Crippen LogP contribution in [0.5, 0.6) is 0 Å². The molecule has 6 aromatic rings. The number of hydrogen-bond acceptors (Lipinski definition) is 23. The van der Waals surface area contributed by atoms with Crippen LogP contribution in [-0.2, 0) is 63.4 Å². The van der Waals surface area contributed by atoms with E-state index in [4.69, 9.17) is 56.8 Å². The van der Waals surface area contributed by atoms with Crippen molar-refractivity contribution in [3.05, 3.63) is 212 Å². The van der Waals surface area contributed by atoms with Crippen LogP contribution in [0.3, 0.4) is 0 Å². The first-order valence-electron chi connectivity index (χ1n) is 25.9. The van der Waals surface area contributed by atoms with Gasteiger partial charge in [-0.1, -0.05) is 84.9 Å². The summed E-state index contributed by atoms with van der Waals surface area (Å²) in [6, 6.07) is 33.8. The quantitative estimate of drug-likeness (QED) is 0.0254. The van der Waals surface area contributed by atoms with E-state index in [0.29, 0.717) is 11.8 Å². The van der Waals surface area contributed by atoms with Gasteiger partial charge in [0.1, 0.15) is 39.3 Å². The molecule has 0 N–H and O–H groups in total. The molecule has 0 aliphatic carbocycles. The summed E-state index contributed by atoms with van der Waals surface area (Å²) in [5, 5.41) is 0. The van der Waals surface area contributed by atoms with Gasteiger partial charge in [0.2, 0.25) is 0 Å². The summed E-state index contributed by atoms with van der Waals surface area (Å²) in [7, 11) is 5.47. The summed E-state index contributed by atoms with van der Waals surface area (Å²) >= 11 is 0. The zero-order chi connectivity index (χ0) is 62.2. The number of rotatable bonds is 29. The maximum atomic E-state index is 14.2. The van der Waals surface area contributed by atoms with Gasteiger partial charge >= 0.3 is 59.7 Å². The third-order valence-corrected chi connectivity index (χ3v) is 13.0. The second-order valence-corrected chi connectivity index (χ2v) is 18.9. The van der Waals surface area contributed by atoms with Crippen molar-refractivity contribution in [3.63, 3.8) is 0 Å². The van der Waals surface area contributed by atoms with Crippen LogP contribution in [0, 0.1) is 10.8 Å². The molecule has 0 bridgehead atoms. The van der Waals surface area contributed by atoms with Crippen LogP contribution >= 0.6 is 0 Å². The first kappa shape index (κ1) is 64.8. The molecule has 6 aromatic carbocycles. The molecule has 0 aromatic heterocycles. The smallest absolute Gasteiger partial charge is 0.339 e. The maximum absolute atomic E-state index is 14.2. The van der Waals surface area contributed by atoms with E-state index >= 15 is 0 Å². The molecule has 23 heteroatoms. The summed E-state index contributed by atoms with van der Waals surface area (Å²) in [6.45, 7) is -6.64. The van der Waals surface area contributed by atoms with E-state index in [2.05, 4.69) is 0 Å². The molecular formula is C63H58O23. The van der Waals surface area contributed by atoms with Gasteiger partial charge in [-0.25, -0.2) is 47.9 Å². The van der Waals surface area contributed by atoms with Gasteiger partial charge in [0.05, 0.1) is 128 Å². The Kier molecular flexibility index (Phi) is 23.6. The molecule has 448 valence electrons. The number of carbonyl (C=O) groups excluding carboxylic acids is 11. The van der Waals surface area contributed by atoms with Gasteiger partial charge in [-0.3, -0.25) is 4.79 Å². The van der Waals surface area contributed by atoms with Crippen molar-refractivity contribution < 1.29 is 110 Å². The van der Waals surface area contributed by atoms with Crippen molar-refractivity contribution in [2.24, 2.45) is 10.8 Å². The van der Waals surface area contributed by atoms with Gasteiger partial charge in [-0.2, -0.15) is 0 Å². The van der Waals surface area contributed by atoms with Crippen molar-refractivity contribution in [2.45, 2.75) is 6.61 Å². The lowest BCUT2D eigenvalue weighted by atomic mass is 9.90. The molecule has 0 unspecified atom stereocenters. The number of hydrogen-bond donors (Lipinski definition) is 0. The molecule has 0 amide bonds. The highest BCUT2D eigenvalue weighted by atomic mass is 16.6. The second-order valence-electron chi connectivity index (χ2n) is 18.9. The topological polar surface area (TPSA) is 299 Å². The fourth-order valence-electron chi connectivity index (χ4n) is 8.37. The van der Waals surface area contributed by atoms with Crippen LogP contribution in [0.4, 0.5) is 0 Å². The minimum Gasteiger partial charge on any atom is -0.465 e. The predicted molar refractivity (Wildman–Crippen MR) is 297 cm³/mol. The molecule has 0 spiro atoms. The molecule has 86 heavy (non-hydrogen) atoms. The molecule has 0 saturated heterocycles. The number of esters is 10. The zero-order valence-corrected chi connectivity index (χ0v) is 47.2. The summed E-state index contributed by atoms with van der Waals surface area (Å²) in [5.74, 6) is -10.1. The van der Waals surface area contributed by atoms with Crippen molar-refractivity contribution in [3.8, 4) is 0 Å². The summed E-state index contributed by atoms with van der Waals surface area (Å²) in [4.78, 5) is 147. The highest BCUT2D eigenvalue weighted by molar-refractivity contribution is 6.06. The van der Waals surface area contributed by atoms with Crippen LogP contribution in [0.2, 0.25) is 0 Å². The lowest BCUT2D eigenvalue weighted by Crippen LogP contribution is -2.47. The Morgan fingerprint density at radius 1 is 0.291 bits per heavy atom. The summed E-state index contributed by atoms with van der Waals surface area (Å²) < 4.78 is 66.8. The Bertz CT molecular complexity index is 3220. The van der Waals surface area contributed by atoms with E-state index in [1.54, 1.807) is 18.2 Å². The predicted octanol–water partition coefficient (Wildman–Crippen LogP) is 7.22. The van der Waals surface area contributed by atoms with Gasteiger partial charge < -0.3 is 56.8 Å². The van der Waals surface area contributed by atoms with Crippen LogP contribution in [0.1, 0.15) is 120 Å². The second kappa shape index (κ2) is 31.3. The lowest BCUT2D eigenvalue weighted by molar-refractivity contribution is -0.119. The molecular weight excluding hydrogens is 1120 g/mol. The molecule has 0 fully saturated rings. The van der Waals surface area contributed by atoms with Gasteiger partial charge in [-0.15, -0.1) is 0 Å². The minimum atomic E-state index is -2.08. The van der Waals surface area contributed by atoms with Gasteiger partial charge in [0.25, 0.3) is 0 Å². The molecule has 0 atom stereocenters. The van der Waals surface area contributed by atoms with E-state index < -0.39 is 123 Å². The maximum Gasteiger partial charge on any atom is 0.339 e. The van der Waals surface area contributed by atoms with E-state index in [0.717, 1.165) is 35.5 Å². The molecule has 0 radical (unpaired) electrons. The van der Waals surface area contributed by atoms with Gasteiger partial charge in [0.15, 0.2) is 0 Å². The largest absolute Gasteiger partial charge is 0.465 e. The number of benzene rings is 6. The van der Waals surface area contributed by atoms with Crippen molar-refractivity contribution >= 4 is 66.0 Å². The molecule has 6 rings (SSSR count). The highest BCUT2D eigenvalue weighted by Gasteiger charge is 2.42. The Labute approximate surface area is 492 Å². The van der Waals surface area contributed by atoms with Crippen LogP contribution in [-0.4, -0.2) is 154 Å². The molecule has 0 aliphatic rings. The van der Waals surface area contributed by atoms with Crippen LogP contribution in [0.15, 0.2) is 146 Å². The molecule has 0 aliphatic heterocycles. The van der Waals surface area contributed by atoms with Crippen molar-refractivity contribution in [2.75, 3.05) is 88.4 Å². The Balaban J connectivity index is 1.49. The monoisotopic (exact) mass is 1180 g/mol. The van der Waals surface area contributed by atoms with E-state index in [-0.39, 0.29) is 67.8 Å². The minimum absolute atomic E-state index is 0.185. The highest BCUT2D eigenvalue weighted by Crippen LogP contribution is 2.30. The van der Waals surface area contributed by atoms with Crippen LogP contribution in [0.25, 0.3) is 0 Å². The Hall–Kier alpha value is -10.4. The fraction of sp³-hybridized carbons (Fsp3) is 0.254. The van der Waals surface area contributed by atoms with Crippen molar-refractivity contribution in [1.29, 1.82) is 0 Å². The average Bonchev–Trinajstić information content (AvgIpc) is 2.42. The third kappa shape index (κ3) is 16.7. The van der Waals surface area contributed by atoms with Gasteiger partial charge in [-0.05, 0) is 66.2 Å². The Morgan fingerprint density at radius 3 is 0.744 bits per heavy atom. The lowest BCUT2D eigenvalue weighted by Gasteiger charge is -2.36. The first-order valence-corrected chi connectivity index (χ1v) is 25.9.